The zero-order valence-corrected chi connectivity index (χ0v) is 16.1. The van der Waals surface area contributed by atoms with Crippen molar-refractivity contribution in [1.29, 1.82) is 0 Å². The van der Waals surface area contributed by atoms with Crippen molar-refractivity contribution >= 4 is 34.7 Å². The van der Waals surface area contributed by atoms with Crippen molar-refractivity contribution in [2.45, 2.75) is 38.3 Å². The zero-order valence-electron chi connectivity index (χ0n) is 14.4. The number of hydrogen-bond donors (Lipinski definition) is 1. The molecule has 1 aliphatic rings. The van der Waals surface area contributed by atoms with Crippen LogP contribution in [0.3, 0.4) is 0 Å². The summed E-state index contributed by atoms with van der Waals surface area (Å²) in [5.41, 5.74) is 2.09. The van der Waals surface area contributed by atoms with Crippen molar-refractivity contribution in [3.05, 3.63) is 57.7 Å². The smallest absolute Gasteiger partial charge is 0.244 e. The summed E-state index contributed by atoms with van der Waals surface area (Å²) < 4.78 is 2.18. The van der Waals surface area contributed by atoms with E-state index in [1.54, 1.807) is 28.7 Å². The van der Waals surface area contributed by atoms with E-state index in [0.29, 0.717) is 12.6 Å². The molecule has 0 saturated heterocycles. The number of hydrogen-bond acceptors (Lipinski definition) is 4. The van der Waals surface area contributed by atoms with Gasteiger partial charge in [0.25, 0.3) is 0 Å². The van der Waals surface area contributed by atoms with Gasteiger partial charge in [-0.05, 0) is 47.9 Å². The number of nitrogens with zero attached hydrogens (tertiary/aromatic N) is 2. The van der Waals surface area contributed by atoms with Gasteiger partial charge < -0.3 is 5.32 Å². The summed E-state index contributed by atoms with van der Waals surface area (Å²) in [5, 5.41) is 11.9. The third kappa shape index (κ3) is 3.97. The molecule has 0 unspecified atom stereocenters. The highest BCUT2D eigenvalue weighted by atomic mass is 32.1. The molecule has 1 fully saturated rings. The first-order valence-corrected chi connectivity index (χ1v) is 10.7. The van der Waals surface area contributed by atoms with E-state index >= 15 is 0 Å². The lowest BCUT2D eigenvalue weighted by Crippen LogP contribution is -2.20. The Hall–Kier alpha value is -2.18. The molecule has 4 nitrogen and oxygen atoms in total. The molecule has 1 N–H and O–H groups in total. The summed E-state index contributed by atoms with van der Waals surface area (Å²) >= 11 is 3.35. The number of carbonyl (C=O) groups is 1. The minimum atomic E-state index is -0.0912. The van der Waals surface area contributed by atoms with Crippen molar-refractivity contribution in [3.8, 4) is 10.6 Å². The lowest BCUT2D eigenvalue weighted by molar-refractivity contribution is -0.116. The molecule has 0 aliphatic heterocycles. The second kappa shape index (κ2) is 8.01. The van der Waals surface area contributed by atoms with E-state index in [4.69, 9.17) is 5.10 Å². The van der Waals surface area contributed by atoms with Crippen molar-refractivity contribution in [1.82, 2.24) is 15.1 Å². The molecule has 3 aromatic heterocycles. The summed E-state index contributed by atoms with van der Waals surface area (Å²) in [6.07, 6.45) is 8.35. The summed E-state index contributed by atoms with van der Waals surface area (Å²) in [5.74, 6) is -0.0912. The summed E-state index contributed by atoms with van der Waals surface area (Å²) in [6.45, 7) is 0.450. The molecule has 134 valence electrons. The molecule has 0 bridgehead atoms. The number of nitrogens with one attached hydrogen (secondary N) is 1. The van der Waals surface area contributed by atoms with E-state index < -0.39 is 0 Å². The Morgan fingerprint density at radius 1 is 1.23 bits per heavy atom. The summed E-state index contributed by atoms with van der Waals surface area (Å²) in [4.78, 5) is 14.4. The van der Waals surface area contributed by atoms with Crippen LogP contribution in [-0.4, -0.2) is 15.7 Å². The fourth-order valence-corrected chi connectivity index (χ4v) is 4.70. The number of carbonyl (C=O) groups excluding carboxylic acids is 1. The Balaban J connectivity index is 1.46. The molecule has 4 rings (SSSR count). The molecular formula is C20H21N3OS2. The fourth-order valence-electron chi connectivity index (χ4n) is 3.35. The zero-order chi connectivity index (χ0) is 17.8. The number of aromatic nitrogens is 2. The molecule has 0 aromatic carbocycles. The average molecular weight is 384 g/mol. The third-order valence-corrected chi connectivity index (χ3v) is 6.35. The van der Waals surface area contributed by atoms with E-state index in [1.807, 2.05) is 23.6 Å². The van der Waals surface area contributed by atoms with E-state index in [9.17, 15) is 4.79 Å². The van der Waals surface area contributed by atoms with Gasteiger partial charge in [-0.2, -0.15) is 5.10 Å². The van der Waals surface area contributed by atoms with Gasteiger partial charge >= 0.3 is 0 Å². The molecule has 26 heavy (non-hydrogen) atoms. The first-order chi connectivity index (χ1) is 12.8. The number of rotatable bonds is 6. The topological polar surface area (TPSA) is 46.9 Å². The van der Waals surface area contributed by atoms with E-state index in [1.165, 1.54) is 36.3 Å². The number of amides is 1. The van der Waals surface area contributed by atoms with Gasteiger partial charge in [0.1, 0.15) is 0 Å². The standard InChI is InChI=1S/C20H21N3OS2/c24-20(10-9-17-7-3-11-25-17)21-14-15-13-18(19-8-4-12-26-19)23(22-15)16-5-1-2-6-16/h3-4,7-13,16H,1-2,5-6,14H2,(H,21,24)/b10-9+. The van der Waals surface area contributed by atoms with E-state index in [2.05, 4.69) is 33.6 Å². The summed E-state index contributed by atoms with van der Waals surface area (Å²) in [7, 11) is 0. The van der Waals surface area contributed by atoms with Gasteiger partial charge in [-0.1, -0.05) is 25.0 Å². The molecule has 3 heterocycles. The van der Waals surface area contributed by atoms with Gasteiger partial charge in [0, 0.05) is 11.0 Å². The van der Waals surface area contributed by atoms with Gasteiger partial charge in [-0.15, -0.1) is 22.7 Å². The molecule has 1 saturated carbocycles. The Morgan fingerprint density at radius 3 is 2.77 bits per heavy atom. The molecular weight excluding hydrogens is 362 g/mol. The maximum absolute atomic E-state index is 12.1. The lowest BCUT2D eigenvalue weighted by atomic mass is 10.2. The highest BCUT2D eigenvalue weighted by Crippen LogP contribution is 2.35. The van der Waals surface area contributed by atoms with Crippen LogP contribution in [-0.2, 0) is 11.3 Å². The molecule has 0 radical (unpaired) electrons. The largest absolute Gasteiger partial charge is 0.347 e. The van der Waals surface area contributed by atoms with Gasteiger partial charge in [0.15, 0.2) is 0 Å². The normalized spacial score (nSPS) is 15.1. The van der Waals surface area contributed by atoms with Crippen LogP contribution in [0.25, 0.3) is 16.6 Å². The lowest BCUT2D eigenvalue weighted by Gasteiger charge is -2.13. The van der Waals surface area contributed by atoms with Gasteiger partial charge in [-0.3, -0.25) is 9.48 Å². The predicted octanol–water partition coefficient (Wildman–Crippen LogP) is 5.12. The van der Waals surface area contributed by atoms with Gasteiger partial charge in [0.05, 0.1) is 28.9 Å². The minimum Gasteiger partial charge on any atom is -0.347 e. The Bertz CT molecular complexity index is 872. The molecule has 0 atom stereocenters. The SMILES string of the molecule is O=C(/C=C/c1cccs1)NCc1cc(-c2cccs2)n(C2CCCC2)n1. The Kier molecular flexibility index (Phi) is 5.32. The van der Waals surface area contributed by atoms with Crippen molar-refractivity contribution in [3.63, 3.8) is 0 Å². The van der Waals surface area contributed by atoms with Crippen LogP contribution in [0.4, 0.5) is 0 Å². The monoisotopic (exact) mass is 383 g/mol. The second-order valence-corrected chi connectivity index (χ2v) is 8.37. The van der Waals surface area contributed by atoms with Crippen LogP contribution in [0.1, 0.15) is 42.3 Å². The van der Waals surface area contributed by atoms with Crippen molar-refractivity contribution in [2.75, 3.05) is 0 Å². The van der Waals surface area contributed by atoms with E-state index in [0.717, 1.165) is 10.6 Å². The van der Waals surface area contributed by atoms with Gasteiger partial charge in [-0.25, -0.2) is 0 Å². The average Bonchev–Trinajstić information content (AvgIpc) is 3.44. The van der Waals surface area contributed by atoms with Crippen LogP contribution in [0.2, 0.25) is 0 Å². The molecule has 1 amide bonds. The molecule has 0 spiro atoms. The van der Waals surface area contributed by atoms with Crippen molar-refractivity contribution in [2.24, 2.45) is 0 Å². The maximum Gasteiger partial charge on any atom is 0.244 e. The number of thiophene rings is 2. The predicted molar refractivity (Wildman–Crippen MR) is 108 cm³/mol. The van der Waals surface area contributed by atoms with Crippen LogP contribution in [0, 0.1) is 0 Å². The molecule has 1 aliphatic carbocycles. The first-order valence-electron chi connectivity index (χ1n) is 8.91. The van der Waals surface area contributed by atoms with Gasteiger partial charge in [0.2, 0.25) is 5.91 Å². The Morgan fingerprint density at radius 2 is 2.04 bits per heavy atom. The Labute approximate surface area is 161 Å². The second-order valence-electron chi connectivity index (χ2n) is 6.45. The molecule has 3 aromatic rings. The quantitative estimate of drug-likeness (QED) is 0.601. The summed E-state index contributed by atoms with van der Waals surface area (Å²) in [6, 6.07) is 10.8. The van der Waals surface area contributed by atoms with Crippen molar-refractivity contribution < 1.29 is 4.79 Å². The third-order valence-electron chi connectivity index (χ3n) is 4.62. The highest BCUT2D eigenvalue weighted by molar-refractivity contribution is 7.13. The van der Waals surface area contributed by atoms with E-state index in [-0.39, 0.29) is 5.91 Å². The van der Waals surface area contributed by atoms with Crippen LogP contribution in [0.5, 0.6) is 0 Å². The van der Waals surface area contributed by atoms with Crippen LogP contribution < -0.4 is 5.32 Å². The van der Waals surface area contributed by atoms with Crippen LogP contribution in [0.15, 0.2) is 47.2 Å². The first kappa shape index (κ1) is 17.2. The minimum absolute atomic E-state index is 0.0912. The van der Waals surface area contributed by atoms with Crippen LogP contribution >= 0.6 is 22.7 Å². The molecule has 6 heteroatoms. The maximum atomic E-state index is 12.1. The fraction of sp³-hybridized carbons (Fsp3) is 0.300. The highest BCUT2D eigenvalue weighted by Gasteiger charge is 2.22.